The molecule has 14 heteroatoms. The van der Waals surface area contributed by atoms with Crippen LogP contribution in [-0.2, 0) is 21.7 Å². The molecular weight excluding hydrogens is 477 g/mol. The van der Waals surface area contributed by atoms with Crippen LogP contribution in [0.4, 0.5) is 19.0 Å². The van der Waals surface area contributed by atoms with E-state index < -0.39 is 22.0 Å². The van der Waals surface area contributed by atoms with Crippen LogP contribution in [0, 0.1) is 6.92 Å². The maximum atomic E-state index is 12.0. The zero-order valence-electron chi connectivity index (χ0n) is 18.1. The quantitative estimate of drug-likeness (QED) is 0.440. The minimum absolute atomic E-state index is 0.256. The van der Waals surface area contributed by atoms with Gasteiger partial charge in [0.2, 0.25) is 0 Å². The van der Waals surface area contributed by atoms with Crippen molar-refractivity contribution in [2.75, 3.05) is 12.0 Å². The molecule has 1 aromatic carbocycles. The molecule has 0 fully saturated rings. The fourth-order valence-electron chi connectivity index (χ4n) is 3.07. The minimum Gasteiger partial charge on any atom is -0.475 e. The summed E-state index contributed by atoms with van der Waals surface area (Å²) in [6, 6.07) is 6.90. The van der Waals surface area contributed by atoms with Crippen LogP contribution < -0.4 is 5.73 Å². The standard InChI is InChI=1S/C18H18N6O2S.C2HF3O2/c1-11-4-5-12(27(3,25)26)8-13(11)16-9-20-18-17(19)22-14(10-24(16)18)15-6-7-21-23(15)2;3-2(4,5)1(6)7/h4-10H,1-3H3,(H2,19,22);(H,6,7). The largest absolute Gasteiger partial charge is 0.490 e. The predicted molar refractivity (Wildman–Crippen MR) is 117 cm³/mol. The van der Waals surface area contributed by atoms with Crippen molar-refractivity contribution in [2.24, 2.45) is 7.05 Å². The molecular formula is C20H19F3N6O4S. The van der Waals surface area contributed by atoms with Crippen molar-refractivity contribution in [3.8, 4) is 22.6 Å². The van der Waals surface area contributed by atoms with Crippen LogP contribution in [0.15, 0.2) is 47.8 Å². The monoisotopic (exact) mass is 496 g/mol. The lowest BCUT2D eigenvalue weighted by atomic mass is 10.1. The number of carboxylic acids is 1. The van der Waals surface area contributed by atoms with E-state index in [1.807, 2.05) is 30.6 Å². The number of aryl methyl sites for hydroxylation is 2. The number of halogens is 3. The van der Waals surface area contributed by atoms with Gasteiger partial charge in [0.05, 0.1) is 22.5 Å². The summed E-state index contributed by atoms with van der Waals surface area (Å²) < 4.78 is 59.2. The number of carbonyl (C=O) groups is 1. The molecule has 0 amide bonds. The Balaban J connectivity index is 0.000000406. The van der Waals surface area contributed by atoms with Crippen LogP contribution in [0.5, 0.6) is 0 Å². The first-order valence-electron chi connectivity index (χ1n) is 9.43. The number of alkyl halides is 3. The third-order valence-electron chi connectivity index (χ3n) is 4.76. The van der Waals surface area contributed by atoms with E-state index in [1.54, 1.807) is 35.3 Å². The summed E-state index contributed by atoms with van der Waals surface area (Å²) in [5.41, 5.74) is 10.5. The highest BCUT2D eigenvalue weighted by Gasteiger charge is 2.38. The normalized spacial score (nSPS) is 11.8. The van der Waals surface area contributed by atoms with Crippen LogP contribution in [0.3, 0.4) is 0 Å². The Morgan fingerprint density at radius 1 is 1.18 bits per heavy atom. The molecule has 0 aliphatic carbocycles. The lowest BCUT2D eigenvalue weighted by molar-refractivity contribution is -0.192. The van der Waals surface area contributed by atoms with Gasteiger partial charge in [0.25, 0.3) is 0 Å². The molecule has 3 heterocycles. The van der Waals surface area contributed by atoms with Crippen molar-refractivity contribution >= 4 is 27.3 Å². The number of nitrogen functional groups attached to an aromatic ring is 1. The van der Waals surface area contributed by atoms with Gasteiger partial charge in [-0.2, -0.15) is 18.3 Å². The summed E-state index contributed by atoms with van der Waals surface area (Å²) in [7, 11) is -1.50. The number of anilines is 1. The third-order valence-corrected chi connectivity index (χ3v) is 5.87. The maximum absolute atomic E-state index is 12.0. The highest BCUT2D eigenvalue weighted by atomic mass is 32.2. The number of imidazole rings is 1. The first-order valence-corrected chi connectivity index (χ1v) is 11.3. The lowest BCUT2D eigenvalue weighted by Crippen LogP contribution is -2.21. The zero-order chi connectivity index (χ0) is 25.4. The third kappa shape index (κ3) is 5.01. The van der Waals surface area contributed by atoms with Crippen LogP contribution in [0.2, 0.25) is 0 Å². The molecule has 3 N–H and O–H groups in total. The summed E-state index contributed by atoms with van der Waals surface area (Å²) in [4.78, 5) is 18.0. The number of benzene rings is 1. The van der Waals surface area contributed by atoms with E-state index >= 15 is 0 Å². The van der Waals surface area contributed by atoms with Gasteiger partial charge in [0.15, 0.2) is 21.3 Å². The highest BCUT2D eigenvalue weighted by molar-refractivity contribution is 7.90. The Bertz CT molecular complexity index is 1490. The summed E-state index contributed by atoms with van der Waals surface area (Å²) in [5.74, 6) is -2.47. The zero-order valence-corrected chi connectivity index (χ0v) is 18.9. The molecule has 0 radical (unpaired) electrons. The molecule has 0 aliphatic rings. The van der Waals surface area contributed by atoms with Crippen molar-refractivity contribution in [1.29, 1.82) is 0 Å². The first-order chi connectivity index (χ1) is 15.7. The van der Waals surface area contributed by atoms with Crippen molar-refractivity contribution in [3.05, 3.63) is 48.4 Å². The molecule has 10 nitrogen and oxygen atoms in total. The number of nitrogens with zero attached hydrogens (tertiary/aromatic N) is 5. The maximum Gasteiger partial charge on any atom is 0.490 e. The molecule has 3 aromatic heterocycles. The van der Waals surface area contributed by atoms with Gasteiger partial charge in [0.1, 0.15) is 5.69 Å². The molecule has 180 valence electrons. The van der Waals surface area contributed by atoms with Gasteiger partial charge in [-0.25, -0.2) is 23.2 Å². The van der Waals surface area contributed by atoms with E-state index in [9.17, 15) is 21.6 Å². The van der Waals surface area contributed by atoms with Crippen molar-refractivity contribution in [3.63, 3.8) is 0 Å². The topological polar surface area (TPSA) is 145 Å². The number of rotatable bonds is 3. The Labute approximate surface area is 191 Å². The Kier molecular flexibility index (Phi) is 6.38. The smallest absolute Gasteiger partial charge is 0.475 e. The van der Waals surface area contributed by atoms with Crippen LogP contribution >= 0.6 is 0 Å². The second-order valence-corrected chi connectivity index (χ2v) is 9.26. The number of aromatic nitrogens is 5. The molecule has 0 saturated carbocycles. The Hall–Kier alpha value is -3.94. The SMILES string of the molecule is Cc1ccc(S(C)(=O)=O)cc1-c1cnc2c(N)nc(-c3ccnn3C)cn12.O=C(O)C(F)(F)F. The number of hydrogen-bond acceptors (Lipinski definition) is 7. The van der Waals surface area contributed by atoms with Gasteiger partial charge < -0.3 is 10.8 Å². The van der Waals surface area contributed by atoms with Gasteiger partial charge in [-0.05, 0) is 30.7 Å². The Morgan fingerprint density at radius 2 is 1.82 bits per heavy atom. The molecule has 0 unspecified atom stereocenters. The number of sulfone groups is 1. The number of nitrogens with two attached hydrogens (primary N) is 1. The van der Waals surface area contributed by atoms with E-state index in [1.165, 1.54) is 6.26 Å². The van der Waals surface area contributed by atoms with Gasteiger partial charge in [-0.3, -0.25) is 9.08 Å². The van der Waals surface area contributed by atoms with Gasteiger partial charge in [-0.15, -0.1) is 0 Å². The second kappa shape index (κ2) is 8.78. The van der Waals surface area contributed by atoms with Crippen LogP contribution in [0.1, 0.15) is 5.56 Å². The summed E-state index contributed by atoms with van der Waals surface area (Å²) >= 11 is 0. The molecule has 0 atom stereocenters. The van der Waals surface area contributed by atoms with E-state index in [4.69, 9.17) is 15.6 Å². The average Bonchev–Trinajstić information content (AvgIpc) is 3.33. The van der Waals surface area contributed by atoms with Gasteiger partial charge in [-0.1, -0.05) is 6.07 Å². The fraction of sp³-hybridized carbons (Fsp3) is 0.200. The molecule has 4 rings (SSSR count). The summed E-state index contributed by atoms with van der Waals surface area (Å²) in [6.45, 7) is 1.92. The number of aliphatic carboxylic acids is 1. The molecule has 0 aliphatic heterocycles. The molecule has 4 aromatic rings. The van der Waals surface area contributed by atoms with Crippen LogP contribution in [0.25, 0.3) is 28.3 Å². The summed E-state index contributed by atoms with van der Waals surface area (Å²) in [5, 5.41) is 11.3. The van der Waals surface area contributed by atoms with Crippen molar-refractivity contribution in [2.45, 2.75) is 18.0 Å². The molecule has 0 saturated heterocycles. The van der Waals surface area contributed by atoms with E-state index in [0.29, 0.717) is 11.3 Å². The number of carboxylic acid groups (broad SMARTS) is 1. The lowest BCUT2D eigenvalue weighted by Gasteiger charge is -2.10. The predicted octanol–water partition coefficient (Wildman–Crippen LogP) is 2.72. The molecule has 34 heavy (non-hydrogen) atoms. The molecule has 0 bridgehead atoms. The number of fused-ring (bicyclic) bond motifs is 1. The van der Waals surface area contributed by atoms with Crippen LogP contribution in [-0.4, -0.2) is 56.1 Å². The second-order valence-electron chi connectivity index (χ2n) is 7.24. The highest BCUT2D eigenvalue weighted by Crippen LogP contribution is 2.30. The first kappa shape index (κ1) is 24.7. The minimum atomic E-state index is -5.08. The van der Waals surface area contributed by atoms with Crippen molar-refractivity contribution in [1.82, 2.24) is 24.1 Å². The van der Waals surface area contributed by atoms with Gasteiger partial charge >= 0.3 is 12.1 Å². The average molecular weight is 496 g/mol. The Morgan fingerprint density at radius 3 is 2.35 bits per heavy atom. The number of hydrogen-bond donors (Lipinski definition) is 2. The van der Waals surface area contributed by atoms with Gasteiger partial charge in [0, 0.05) is 31.3 Å². The fourth-order valence-corrected chi connectivity index (χ4v) is 3.71. The van der Waals surface area contributed by atoms with E-state index in [0.717, 1.165) is 22.5 Å². The van der Waals surface area contributed by atoms with E-state index in [-0.39, 0.29) is 10.7 Å². The van der Waals surface area contributed by atoms with E-state index in [2.05, 4.69) is 15.1 Å². The molecule has 0 spiro atoms. The summed E-state index contributed by atoms with van der Waals surface area (Å²) in [6.07, 6.45) is 1.30. The van der Waals surface area contributed by atoms with Crippen molar-refractivity contribution < 1.29 is 31.5 Å².